The van der Waals surface area contributed by atoms with E-state index in [0.29, 0.717) is 18.7 Å². The Bertz CT molecular complexity index is 789. The summed E-state index contributed by atoms with van der Waals surface area (Å²) < 4.78 is 10.8. The fourth-order valence-corrected chi connectivity index (χ4v) is 4.22. The van der Waals surface area contributed by atoms with Gasteiger partial charge in [-0.1, -0.05) is 0 Å². The van der Waals surface area contributed by atoms with Crippen LogP contribution >= 0.6 is 0 Å². The molecule has 2 aliphatic heterocycles. The molecule has 2 fully saturated rings. The summed E-state index contributed by atoms with van der Waals surface area (Å²) in [5, 5.41) is 0. The number of anilines is 2. The van der Waals surface area contributed by atoms with E-state index in [1.165, 1.54) is 5.56 Å². The van der Waals surface area contributed by atoms with Gasteiger partial charge in [0, 0.05) is 25.2 Å². The highest BCUT2D eigenvalue weighted by molar-refractivity contribution is 5.90. The van der Waals surface area contributed by atoms with Crippen LogP contribution in [0, 0.1) is 0 Å². The molecule has 2 atom stereocenters. The van der Waals surface area contributed by atoms with E-state index in [9.17, 15) is 9.59 Å². The molecule has 8 nitrogen and oxygen atoms in total. The molecular formula is C19H26N4O4. The van der Waals surface area contributed by atoms with Crippen LogP contribution in [-0.2, 0) is 22.3 Å². The van der Waals surface area contributed by atoms with E-state index in [1.54, 1.807) is 27.0 Å². The topological polar surface area (TPSA) is 98.0 Å². The van der Waals surface area contributed by atoms with Crippen LogP contribution < -0.4 is 10.6 Å². The van der Waals surface area contributed by atoms with E-state index in [-0.39, 0.29) is 12.1 Å². The second-order valence-electron chi connectivity index (χ2n) is 8.42. The van der Waals surface area contributed by atoms with Crippen molar-refractivity contribution in [3.63, 3.8) is 0 Å². The number of piperidine rings is 1. The lowest BCUT2D eigenvalue weighted by Crippen LogP contribution is -2.53. The number of ether oxygens (including phenoxy) is 2. The Morgan fingerprint density at radius 3 is 2.89 bits per heavy atom. The minimum Gasteiger partial charge on any atom is -0.443 e. The second-order valence-corrected chi connectivity index (χ2v) is 8.42. The number of nitrogen functional groups attached to an aromatic ring is 1. The van der Waals surface area contributed by atoms with E-state index in [4.69, 9.17) is 15.2 Å². The van der Waals surface area contributed by atoms with Crippen molar-refractivity contribution >= 4 is 23.6 Å². The van der Waals surface area contributed by atoms with E-state index in [2.05, 4.69) is 9.88 Å². The largest absolute Gasteiger partial charge is 0.443 e. The van der Waals surface area contributed by atoms with Gasteiger partial charge >= 0.3 is 12.2 Å². The summed E-state index contributed by atoms with van der Waals surface area (Å²) in [5.74, 6) is 0. The van der Waals surface area contributed by atoms with Crippen molar-refractivity contribution in [2.24, 2.45) is 0 Å². The quantitative estimate of drug-likeness (QED) is 0.806. The van der Waals surface area contributed by atoms with Crippen LogP contribution in [0.5, 0.6) is 0 Å². The third-order valence-electron chi connectivity index (χ3n) is 5.31. The average Bonchev–Trinajstić information content (AvgIpc) is 3.15. The van der Waals surface area contributed by atoms with Gasteiger partial charge in [0.1, 0.15) is 17.7 Å². The van der Waals surface area contributed by atoms with Gasteiger partial charge in [-0.05, 0) is 45.6 Å². The lowest BCUT2D eigenvalue weighted by Gasteiger charge is -2.38. The van der Waals surface area contributed by atoms with Crippen molar-refractivity contribution in [3.8, 4) is 0 Å². The van der Waals surface area contributed by atoms with Gasteiger partial charge in [0.05, 0.1) is 17.6 Å². The Kier molecular flexibility index (Phi) is 4.16. The van der Waals surface area contributed by atoms with Crippen LogP contribution in [0.4, 0.5) is 21.0 Å². The van der Waals surface area contributed by atoms with Crippen LogP contribution in [0.3, 0.4) is 0 Å². The summed E-state index contributed by atoms with van der Waals surface area (Å²) in [7, 11) is 0. The Morgan fingerprint density at radius 2 is 2.15 bits per heavy atom. The first-order chi connectivity index (χ1) is 12.7. The number of nitrogens with zero attached hydrogens (tertiary/aromatic N) is 3. The molecule has 3 heterocycles. The maximum Gasteiger partial charge on any atom is 0.420 e. The molecule has 8 heteroatoms. The standard InChI is InChI=1S/C19H26N4O4/c1-19(2,3)27-18(25)23-14-10-22(8-7-15(14)26-17(23)24)16-11-5-4-6-13(11)21-9-12(16)20/h9,14-15H,4-8,10,20H2,1-3H3/t14?,15-/m0/s1. The zero-order valence-electron chi connectivity index (χ0n) is 16.0. The fraction of sp³-hybridized carbons (Fsp3) is 0.632. The van der Waals surface area contributed by atoms with Gasteiger partial charge in [-0.2, -0.15) is 0 Å². The van der Waals surface area contributed by atoms with Gasteiger partial charge in [0.2, 0.25) is 0 Å². The van der Waals surface area contributed by atoms with Gasteiger partial charge < -0.3 is 20.1 Å². The van der Waals surface area contributed by atoms with Crippen molar-refractivity contribution in [1.29, 1.82) is 0 Å². The minimum atomic E-state index is -0.680. The lowest BCUT2D eigenvalue weighted by atomic mass is 10.00. The SMILES string of the molecule is CC(C)(C)OC(=O)N1C(=O)O[C@H]2CCN(c3c(N)cnc4c3CCC4)CC21. The molecule has 2 N–H and O–H groups in total. The molecular weight excluding hydrogens is 348 g/mol. The number of aromatic nitrogens is 1. The van der Waals surface area contributed by atoms with Crippen LogP contribution in [0.15, 0.2) is 6.20 Å². The molecule has 2 amide bonds. The first-order valence-corrected chi connectivity index (χ1v) is 9.48. The molecule has 1 aliphatic carbocycles. The normalized spacial score (nSPS) is 24.5. The average molecular weight is 374 g/mol. The van der Waals surface area contributed by atoms with Gasteiger partial charge in [-0.25, -0.2) is 14.5 Å². The number of carbonyl (C=O) groups excluding carboxylic acids is 2. The summed E-state index contributed by atoms with van der Waals surface area (Å²) in [4.78, 5) is 32.6. The Labute approximate surface area is 158 Å². The maximum atomic E-state index is 12.6. The summed E-state index contributed by atoms with van der Waals surface area (Å²) in [6.45, 7) is 6.53. The molecule has 0 spiro atoms. The van der Waals surface area contributed by atoms with Crippen molar-refractivity contribution in [1.82, 2.24) is 9.88 Å². The number of amides is 2. The van der Waals surface area contributed by atoms with E-state index in [0.717, 1.165) is 42.1 Å². The van der Waals surface area contributed by atoms with Crippen molar-refractivity contribution in [2.75, 3.05) is 23.7 Å². The Morgan fingerprint density at radius 1 is 1.37 bits per heavy atom. The maximum absolute atomic E-state index is 12.6. The summed E-state index contributed by atoms with van der Waals surface area (Å²) in [6, 6.07) is -0.384. The molecule has 0 saturated carbocycles. The third-order valence-corrected chi connectivity index (χ3v) is 5.31. The summed E-state index contributed by atoms with van der Waals surface area (Å²) in [5.41, 5.74) is 9.52. The number of imide groups is 1. The van der Waals surface area contributed by atoms with Crippen LogP contribution in [0.25, 0.3) is 0 Å². The van der Waals surface area contributed by atoms with E-state index in [1.807, 2.05) is 0 Å². The molecule has 1 aromatic rings. The highest BCUT2D eigenvalue weighted by Crippen LogP contribution is 2.38. The Hall–Kier alpha value is -2.51. The predicted octanol–water partition coefficient (Wildman–Crippen LogP) is 2.49. The molecule has 4 rings (SSSR count). The minimum absolute atomic E-state index is 0.308. The summed E-state index contributed by atoms with van der Waals surface area (Å²) >= 11 is 0. The molecule has 2 saturated heterocycles. The summed E-state index contributed by atoms with van der Waals surface area (Å²) in [6.07, 6.45) is 3.76. The van der Waals surface area contributed by atoms with Gasteiger partial charge in [0.15, 0.2) is 0 Å². The van der Waals surface area contributed by atoms with Crippen molar-refractivity contribution < 1.29 is 19.1 Å². The van der Waals surface area contributed by atoms with Crippen LogP contribution in [-0.4, -0.2) is 52.9 Å². The lowest BCUT2D eigenvalue weighted by molar-refractivity contribution is 0.0285. The second kappa shape index (κ2) is 6.28. The van der Waals surface area contributed by atoms with Crippen molar-refractivity contribution in [2.45, 2.75) is 64.2 Å². The molecule has 27 heavy (non-hydrogen) atoms. The molecule has 3 aliphatic rings. The first-order valence-electron chi connectivity index (χ1n) is 9.48. The number of pyridine rings is 1. The molecule has 1 unspecified atom stereocenters. The number of aryl methyl sites for hydroxylation is 1. The monoisotopic (exact) mass is 374 g/mol. The number of hydrogen-bond donors (Lipinski definition) is 1. The molecule has 0 bridgehead atoms. The Balaban J connectivity index is 1.60. The molecule has 0 aromatic carbocycles. The van der Waals surface area contributed by atoms with Gasteiger partial charge in [0.25, 0.3) is 0 Å². The van der Waals surface area contributed by atoms with E-state index >= 15 is 0 Å². The predicted molar refractivity (Wildman–Crippen MR) is 99.6 cm³/mol. The molecule has 1 aromatic heterocycles. The van der Waals surface area contributed by atoms with Crippen molar-refractivity contribution in [3.05, 3.63) is 17.5 Å². The van der Waals surface area contributed by atoms with E-state index < -0.39 is 17.8 Å². The zero-order chi connectivity index (χ0) is 19.3. The number of hydrogen-bond acceptors (Lipinski definition) is 7. The number of carbonyl (C=O) groups is 2. The highest BCUT2D eigenvalue weighted by Gasteiger charge is 2.50. The van der Waals surface area contributed by atoms with Crippen LogP contribution in [0.2, 0.25) is 0 Å². The fourth-order valence-electron chi connectivity index (χ4n) is 4.22. The van der Waals surface area contributed by atoms with Gasteiger partial charge in [-0.15, -0.1) is 0 Å². The number of rotatable bonds is 1. The van der Waals surface area contributed by atoms with Gasteiger partial charge in [-0.3, -0.25) is 4.98 Å². The smallest absolute Gasteiger partial charge is 0.420 e. The third kappa shape index (κ3) is 3.17. The molecule has 146 valence electrons. The van der Waals surface area contributed by atoms with Crippen LogP contribution in [0.1, 0.15) is 44.9 Å². The number of nitrogens with two attached hydrogens (primary N) is 1. The molecule has 0 radical (unpaired) electrons. The first kappa shape index (κ1) is 17.9. The highest BCUT2D eigenvalue weighted by atomic mass is 16.6. The number of fused-ring (bicyclic) bond motifs is 2. The zero-order valence-corrected chi connectivity index (χ0v) is 16.0.